The van der Waals surface area contributed by atoms with E-state index in [1.54, 1.807) is 0 Å². The molecule has 2 unspecified atom stereocenters. The molecule has 1 amide bonds. The van der Waals surface area contributed by atoms with Crippen LogP contribution in [-0.2, 0) is 4.79 Å². The highest BCUT2D eigenvalue weighted by Crippen LogP contribution is 2.26. The molecule has 3 N–H and O–H groups in total. The lowest BCUT2D eigenvalue weighted by Gasteiger charge is -2.32. The number of hydrogen-bond acceptors (Lipinski definition) is 2. The molecule has 180 valence electrons. The largest absolute Gasteiger partial charge is 0.353 e. The highest BCUT2D eigenvalue weighted by Gasteiger charge is 2.26. The van der Waals surface area contributed by atoms with Crippen LogP contribution in [0.1, 0.15) is 150 Å². The number of unbranched alkanes of at least 4 members (excludes halogenated alkanes) is 12. The van der Waals surface area contributed by atoms with Gasteiger partial charge in [0.1, 0.15) is 0 Å². The maximum atomic E-state index is 12.5. The van der Waals surface area contributed by atoms with Crippen LogP contribution in [0.25, 0.3) is 0 Å². The van der Waals surface area contributed by atoms with Crippen LogP contribution in [0.2, 0.25) is 0 Å². The standard InChI is InChI=1S/C27H56N2O/c1-6-9-11-13-14-15-16-18-19-21-24(23-27(4,5)28)25(8-3)29-26(30)22-20-17-12-10-7-2/h24-25H,6-23,28H2,1-5H3,(H,29,30). The zero-order chi connectivity index (χ0) is 22.7. The fraction of sp³-hybridized carbons (Fsp3) is 0.963. The molecule has 0 saturated heterocycles. The third-order valence-corrected chi connectivity index (χ3v) is 6.33. The fourth-order valence-electron chi connectivity index (χ4n) is 4.56. The Morgan fingerprint density at radius 3 is 1.70 bits per heavy atom. The molecule has 0 bridgehead atoms. The van der Waals surface area contributed by atoms with Gasteiger partial charge in [-0.2, -0.15) is 0 Å². The van der Waals surface area contributed by atoms with E-state index < -0.39 is 0 Å². The van der Waals surface area contributed by atoms with Gasteiger partial charge in [0.05, 0.1) is 0 Å². The molecule has 2 atom stereocenters. The first kappa shape index (κ1) is 29.4. The molecular weight excluding hydrogens is 368 g/mol. The molecule has 0 heterocycles. The lowest BCUT2D eigenvalue weighted by Crippen LogP contribution is -2.44. The topological polar surface area (TPSA) is 55.1 Å². The Labute approximate surface area is 189 Å². The molecule has 0 rings (SSSR count). The Hall–Kier alpha value is -0.570. The van der Waals surface area contributed by atoms with Crippen molar-refractivity contribution in [1.82, 2.24) is 5.32 Å². The lowest BCUT2D eigenvalue weighted by atomic mass is 9.82. The first-order chi connectivity index (χ1) is 14.3. The van der Waals surface area contributed by atoms with E-state index in [0.29, 0.717) is 12.3 Å². The van der Waals surface area contributed by atoms with Crippen molar-refractivity contribution in [1.29, 1.82) is 0 Å². The molecule has 0 saturated carbocycles. The Morgan fingerprint density at radius 2 is 1.23 bits per heavy atom. The zero-order valence-electron chi connectivity index (χ0n) is 21.4. The van der Waals surface area contributed by atoms with Gasteiger partial charge in [0.25, 0.3) is 0 Å². The minimum atomic E-state index is -0.178. The summed E-state index contributed by atoms with van der Waals surface area (Å²) < 4.78 is 0. The third-order valence-electron chi connectivity index (χ3n) is 6.33. The van der Waals surface area contributed by atoms with Crippen LogP contribution in [0.5, 0.6) is 0 Å². The van der Waals surface area contributed by atoms with E-state index >= 15 is 0 Å². The number of carbonyl (C=O) groups is 1. The molecule has 30 heavy (non-hydrogen) atoms. The molecule has 0 spiro atoms. The molecular formula is C27H56N2O. The summed E-state index contributed by atoms with van der Waals surface area (Å²) in [7, 11) is 0. The van der Waals surface area contributed by atoms with E-state index in [0.717, 1.165) is 19.3 Å². The summed E-state index contributed by atoms with van der Waals surface area (Å²) in [5, 5.41) is 3.37. The van der Waals surface area contributed by atoms with Gasteiger partial charge < -0.3 is 11.1 Å². The fourth-order valence-corrected chi connectivity index (χ4v) is 4.56. The van der Waals surface area contributed by atoms with Gasteiger partial charge in [0.2, 0.25) is 5.91 Å². The second-order valence-electron chi connectivity index (χ2n) is 10.3. The van der Waals surface area contributed by atoms with Gasteiger partial charge >= 0.3 is 0 Å². The Bertz CT molecular complexity index is 389. The van der Waals surface area contributed by atoms with Gasteiger partial charge in [-0.25, -0.2) is 0 Å². The van der Waals surface area contributed by atoms with Crippen molar-refractivity contribution < 1.29 is 4.79 Å². The molecule has 0 aliphatic heterocycles. The summed E-state index contributed by atoms with van der Waals surface area (Å²) >= 11 is 0. The number of carbonyl (C=O) groups excluding carboxylic acids is 1. The van der Waals surface area contributed by atoms with Gasteiger partial charge in [-0.1, -0.05) is 104 Å². The summed E-state index contributed by atoms with van der Waals surface area (Å²) in [5.41, 5.74) is 6.21. The molecule has 0 aromatic carbocycles. The molecule has 0 aliphatic rings. The number of nitrogens with one attached hydrogen (secondary N) is 1. The van der Waals surface area contributed by atoms with Crippen LogP contribution >= 0.6 is 0 Å². The number of hydrogen-bond donors (Lipinski definition) is 2. The average molecular weight is 425 g/mol. The SMILES string of the molecule is CCCCCCCCCCCC(CC(C)(C)N)C(CC)NC(=O)CCCCCCC. The molecule has 0 aromatic heterocycles. The highest BCUT2D eigenvalue weighted by molar-refractivity contribution is 5.76. The highest BCUT2D eigenvalue weighted by atomic mass is 16.1. The summed E-state index contributed by atoms with van der Waals surface area (Å²) in [4.78, 5) is 12.5. The second-order valence-corrected chi connectivity index (χ2v) is 10.3. The maximum absolute atomic E-state index is 12.5. The predicted octanol–water partition coefficient (Wildman–Crippen LogP) is 7.91. The number of amides is 1. The quantitative estimate of drug-likeness (QED) is 0.184. The van der Waals surface area contributed by atoms with Crippen LogP contribution in [-0.4, -0.2) is 17.5 Å². The lowest BCUT2D eigenvalue weighted by molar-refractivity contribution is -0.122. The van der Waals surface area contributed by atoms with Gasteiger partial charge in [0, 0.05) is 18.0 Å². The smallest absolute Gasteiger partial charge is 0.220 e. The van der Waals surface area contributed by atoms with E-state index in [9.17, 15) is 4.79 Å². The van der Waals surface area contributed by atoms with Crippen LogP contribution in [0.4, 0.5) is 0 Å². The third kappa shape index (κ3) is 18.2. The van der Waals surface area contributed by atoms with Crippen molar-refractivity contribution in [3.63, 3.8) is 0 Å². The van der Waals surface area contributed by atoms with Gasteiger partial charge in [-0.15, -0.1) is 0 Å². The van der Waals surface area contributed by atoms with E-state index in [2.05, 4.69) is 39.9 Å². The average Bonchev–Trinajstić information content (AvgIpc) is 2.69. The minimum Gasteiger partial charge on any atom is -0.353 e. The molecule has 0 fully saturated rings. The summed E-state index contributed by atoms with van der Waals surface area (Å²) in [6.45, 7) is 11.0. The predicted molar refractivity (Wildman–Crippen MR) is 134 cm³/mol. The molecule has 3 nitrogen and oxygen atoms in total. The summed E-state index contributed by atoms with van der Waals surface area (Å²) in [5.74, 6) is 0.730. The number of rotatable bonds is 21. The first-order valence-corrected chi connectivity index (χ1v) is 13.4. The van der Waals surface area contributed by atoms with Crippen molar-refractivity contribution in [2.24, 2.45) is 11.7 Å². The van der Waals surface area contributed by atoms with E-state index in [4.69, 9.17) is 5.73 Å². The van der Waals surface area contributed by atoms with Crippen LogP contribution in [0, 0.1) is 5.92 Å². The zero-order valence-corrected chi connectivity index (χ0v) is 21.4. The van der Waals surface area contributed by atoms with Crippen molar-refractivity contribution in [2.75, 3.05) is 0 Å². The van der Waals surface area contributed by atoms with E-state index in [1.165, 1.54) is 89.9 Å². The monoisotopic (exact) mass is 424 g/mol. The van der Waals surface area contributed by atoms with E-state index in [1.807, 2.05) is 0 Å². The Kier molecular flexibility index (Phi) is 18.8. The van der Waals surface area contributed by atoms with E-state index in [-0.39, 0.29) is 17.5 Å². The van der Waals surface area contributed by atoms with Crippen molar-refractivity contribution in [3.05, 3.63) is 0 Å². The van der Waals surface area contributed by atoms with Gasteiger partial charge in [0.15, 0.2) is 0 Å². The number of nitrogens with two attached hydrogens (primary N) is 1. The molecule has 0 aromatic rings. The van der Waals surface area contributed by atoms with Crippen molar-refractivity contribution in [3.8, 4) is 0 Å². The van der Waals surface area contributed by atoms with Gasteiger partial charge in [-0.3, -0.25) is 4.79 Å². The minimum absolute atomic E-state index is 0.178. The summed E-state index contributed by atoms with van der Waals surface area (Å²) in [6.07, 6.45) is 22.1. The molecule has 0 aliphatic carbocycles. The Balaban J connectivity index is 4.32. The molecule has 0 radical (unpaired) electrons. The van der Waals surface area contributed by atoms with Gasteiger partial charge in [-0.05, 0) is 45.4 Å². The van der Waals surface area contributed by atoms with Crippen molar-refractivity contribution in [2.45, 2.75) is 162 Å². The van der Waals surface area contributed by atoms with Crippen LogP contribution in [0.15, 0.2) is 0 Å². The van der Waals surface area contributed by atoms with Crippen LogP contribution in [0.3, 0.4) is 0 Å². The summed E-state index contributed by atoms with van der Waals surface area (Å²) in [6, 6.07) is 0.269. The second kappa shape index (κ2) is 19.1. The normalized spacial score (nSPS) is 13.9. The Morgan fingerprint density at radius 1 is 0.767 bits per heavy atom. The first-order valence-electron chi connectivity index (χ1n) is 13.4. The maximum Gasteiger partial charge on any atom is 0.220 e. The van der Waals surface area contributed by atoms with Crippen molar-refractivity contribution >= 4 is 5.91 Å². The molecule has 3 heteroatoms. The van der Waals surface area contributed by atoms with Crippen LogP contribution < -0.4 is 11.1 Å².